The maximum absolute atomic E-state index is 11.7. The smallest absolute Gasteiger partial charge is 0.330 e. The van der Waals surface area contributed by atoms with Crippen molar-refractivity contribution in [1.82, 2.24) is 21.9 Å². The average Bonchev–Trinajstić information content (AvgIpc) is 2.72. The van der Waals surface area contributed by atoms with Crippen molar-refractivity contribution in [3.05, 3.63) is 32.6 Å². The number of aliphatic hydroxyl groups excluding tert-OH is 1. The van der Waals surface area contributed by atoms with E-state index in [0.29, 0.717) is 0 Å². The Hall–Kier alpha value is -1.37. The van der Waals surface area contributed by atoms with Crippen LogP contribution in [0, 0.1) is 6.92 Å². The van der Waals surface area contributed by atoms with E-state index < -0.39 is 44.1 Å². The third-order valence-corrected chi connectivity index (χ3v) is 3.52. The number of aliphatic hydroxyl groups is 1. The molecule has 13 heteroatoms. The van der Waals surface area contributed by atoms with Crippen LogP contribution in [0.5, 0.6) is 0 Å². The van der Waals surface area contributed by atoms with E-state index in [1.54, 1.807) is 0 Å². The fourth-order valence-corrected chi connectivity index (χ4v) is 2.33. The molecule has 0 aliphatic carbocycles. The minimum absolute atomic E-state index is 0. The molecule has 10 N–H and O–H groups in total. The number of phosphoric ester groups is 1. The molecule has 134 valence electrons. The van der Waals surface area contributed by atoms with Crippen molar-refractivity contribution in [2.24, 2.45) is 0 Å². The second-order valence-electron chi connectivity index (χ2n) is 4.65. The number of hydrogen-bond donors (Lipinski definition) is 4. The normalized spacial score (nSPS) is 23.9. The summed E-state index contributed by atoms with van der Waals surface area (Å²) in [5, 5.41) is 9.75. The Morgan fingerprint density at radius 1 is 1.48 bits per heavy atom. The molecule has 0 amide bonds. The number of rotatable bonds is 4. The van der Waals surface area contributed by atoms with E-state index in [4.69, 9.17) is 4.74 Å². The standard InChI is InChI=1S/C10H15N2O8P.2H3N/c1-5-3-12(10(15)11-9(5)14)8-2-6(13)7(20-8)4-19-21(16,17)18;;/h3,6-8,13H,2,4H2,1H3,(H,11,14,15)(H2,16,17,18);2*1H3/t6-,7+,8+;;/m0../s1. The van der Waals surface area contributed by atoms with Gasteiger partial charge in [0.15, 0.2) is 0 Å². The lowest BCUT2D eigenvalue weighted by Gasteiger charge is -2.30. The number of phosphoric acid groups is 1. The maximum Gasteiger partial charge on any atom is 0.330 e. The number of aryl methyl sites for hydroxylation is 1. The molecule has 0 saturated carbocycles. The van der Waals surface area contributed by atoms with E-state index in [0.717, 1.165) is 4.57 Å². The SMILES string of the molecule is Cc1cn([C@H]2C[C@H](O)[C@@H](COP(=O)([O-])[O-])O2)c(=O)[nH]c1=O.[NH4+].[NH4+]. The van der Waals surface area contributed by atoms with Gasteiger partial charge in [-0.25, -0.2) is 4.79 Å². The topological polar surface area (TPSA) is 230 Å². The molecule has 0 radical (unpaired) electrons. The van der Waals surface area contributed by atoms with Gasteiger partial charge in [0.1, 0.15) is 12.3 Å². The Morgan fingerprint density at radius 2 is 2.09 bits per heavy atom. The number of nitrogens with one attached hydrogen (secondary N) is 1. The molecule has 1 aliphatic rings. The van der Waals surface area contributed by atoms with Crippen LogP contribution in [-0.2, 0) is 13.8 Å². The highest BCUT2D eigenvalue weighted by atomic mass is 31.2. The van der Waals surface area contributed by atoms with Gasteiger partial charge >= 0.3 is 5.69 Å². The average molecular weight is 356 g/mol. The predicted molar refractivity (Wildman–Crippen MR) is 76.1 cm³/mol. The molecular weight excluding hydrogens is 335 g/mol. The quantitative estimate of drug-likeness (QED) is 0.443. The lowest BCUT2D eigenvalue weighted by atomic mass is 10.2. The first-order valence-electron chi connectivity index (χ1n) is 5.99. The molecule has 1 saturated heterocycles. The highest BCUT2D eigenvalue weighted by molar-refractivity contribution is 7.43. The summed E-state index contributed by atoms with van der Waals surface area (Å²) in [5.41, 5.74) is -0.980. The zero-order valence-corrected chi connectivity index (χ0v) is 13.8. The van der Waals surface area contributed by atoms with Crippen molar-refractivity contribution in [2.45, 2.75) is 31.8 Å². The van der Waals surface area contributed by atoms with Crippen molar-refractivity contribution in [1.29, 1.82) is 0 Å². The van der Waals surface area contributed by atoms with Gasteiger partial charge in [0.05, 0.1) is 20.5 Å². The molecule has 1 aromatic heterocycles. The van der Waals surface area contributed by atoms with E-state index in [9.17, 15) is 29.0 Å². The molecule has 12 nitrogen and oxygen atoms in total. The summed E-state index contributed by atoms with van der Waals surface area (Å²) < 4.78 is 20.8. The predicted octanol–water partition coefficient (Wildman–Crippen LogP) is -1.91. The first-order valence-corrected chi connectivity index (χ1v) is 7.45. The molecule has 0 unspecified atom stereocenters. The number of aromatic nitrogens is 2. The largest absolute Gasteiger partial charge is 0.790 e. The van der Waals surface area contributed by atoms with E-state index in [1.807, 2.05) is 0 Å². The first kappa shape index (κ1) is 21.6. The summed E-state index contributed by atoms with van der Waals surface area (Å²) in [4.78, 5) is 45.8. The second-order valence-corrected chi connectivity index (χ2v) is 5.81. The monoisotopic (exact) mass is 356 g/mol. The van der Waals surface area contributed by atoms with Gasteiger partial charge in [-0.2, -0.15) is 0 Å². The maximum atomic E-state index is 11.7. The summed E-state index contributed by atoms with van der Waals surface area (Å²) >= 11 is 0. The van der Waals surface area contributed by atoms with Crippen molar-refractivity contribution < 1.29 is 28.7 Å². The van der Waals surface area contributed by atoms with Gasteiger partial charge in [0, 0.05) is 18.2 Å². The van der Waals surface area contributed by atoms with Gasteiger partial charge in [0.25, 0.3) is 5.56 Å². The van der Waals surface area contributed by atoms with E-state index in [2.05, 4.69) is 9.51 Å². The minimum atomic E-state index is -5.17. The molecule has 2 rings (SSSR count). The van der Waals surface area contributed by atoms with Crippen LogP contribution >= 0.6 is 7.82 Å². The molecule has 1 fully saturated rings. The van der Waals surface area contributed by atoms with Crippen LogP contribution in [0.15, 0.2) is 15.8 Å². The van der Waals surface area contributed by atoms with Crippen molar-refractivity contribution in [2.75, 3.05) is 6.61 Å². The molecule has 0 spiro atoms. The summed E-state index contributed by atoms with van der Waals surface area (Å²) in [6.45, 7) is 0.852. The van der Waals surface area contributed by atoms with Crippen LogP contribution in [0.3, 0.4) is 0 Å². The number of nitrogens with zero attached hydrogens (tertiary/aromatic N) is 1. The zero-order valence-electron chi connectivity index (χ0n) is 12.9. The molecule has 23 heavy (non-hydrogen) atoms. The van der Waals surface area contributed by atoms with Gasteiger partial charge in [-0.05, 0) is 6.92 Å². The van der Waals surface area contributed by atoms with Gasteiger partial charge in [-0.3, -0.25) is 14.3 Å². The number of quaternary nitrogens is 2. The number of H-pyrrole nitrogens is 1. The molecule has 1 aliphatic heterocycles. The Kier molecular flexibility index (Phi) is 7.47. The van der Waals surface area contributed by atoms with Crippen LogP contribution < -0.4 is 33.3 Å². The summed E-state index contributed by atoms with van der Waals surface area (Å²) in [6, 6.07) is 0. The molecule has 1 aromatic rings. The van der Waals surface area contributed by atoms with Crippen LogP contribution in [0.2, 0.25) is 0 Å². The third-order valence-electron chi connectivity index (χ3n) is 3.06. The van der Waals surface area contributed by atoms with E-state index in [1.165, 1.54) is 13.1 Å². The molecule has 3 atom stereocenters. The Labute approximate surface area is 130 Å². The Balaban J connectivity index is 0.00000242. The number of hydrogen-bond acceptors (Lipinski definition) is 8. The van der Waals surface area contributed by atoms with Gasteiger partial charge in [-0.15, -0.1) is 0 Å². The van der Waals surface area contributed by atoms with Crippen LogP contribution in [-0.4, -0.2) is 33.5 Å². The first-order chi connectivity index (χ1) is 9.67. The van der Waals surface area contributed by atoms with Gasteiger partial charge in [-0.1, -0.05) is 0 Å². The van der Waals surface area contributed by atoms with E-state index >= 15 is 0 Å². The lowest BCUT2D eigenvalue weighted by Crippen LogP contribution is -2.33. The van der Waals surface area contributed by atoms with Crippen LogP contribution in [0.4, 0.5) is 0 Å². The van der Waals surface area contributed by atoms with Crippen LogP contribution in [0.1, 0.15) is 18.2 Å². The molecule has 0 aromatic carbocycles. The van der Waals surface area contributed by atoms with Crippen LogP contribution in [0.25, 0.3) is 0 Å². The summed E-state index contributed by atoms with van der Waals surface area (Å²) in [7, 11) is -5.17. The Morgan fingerprint density at radius 3 is 2.65 bits per heavy atom. The molecule has 2 heterocycles. The second kappa shape index (κ2) is 7.95. The van der Waals surface area contributed by atoms with Gasteiger partial charge < -0.3 is 41.0 Å². The van der Waals surface area contributed by atoms with Crippen molar-refractivity contribution in [3.63, 3.8) is 0 Å². The highest BCUT2D eigenvalue weighted by Crippen LogP contribution is 2.31. The summed E-state index contributed by atoms with van der Waals surface area (Å²) in [6.07, 6.45) is -1.81. The van der Waals surface area contributed by atoms with E-state index in [-0.39, 0.29) is 24.3 Å². The third kappa shape index (κ3) is 5.34. The molecule has 0 bridgehead atoms. The number of aromatic amines is 1. The molecular formula is C10H21N4O8P. The minimum Gasteiger partial charge on any atom is -0.790 e. The zero-order chi connectivity index (χ0) is 15.8. The summed E-state index contributed by atoms with van der Waals surface area (Å²) in [5.74, 6) is 0. The van der Waals surface area contributed by atoms with Crippen molar-refractivity contribution in [3.8, 4) is 0 Å². The van der Waals surface area contributed by atoms with Crippen molar-refractivity contribution >= 4 is 7.82 Å². The lowest BCUT2D eigenvalue weighted by molar-refractivity contribution is -0.343. The number of ether oxygens (including phenoxy) is 1. The fraction of sp³-hybridized carbons (Fsp3) is 0.600. The Bertz CT molecular complexity index is 682. The fourth-order valence-electron chi connectivity index (χ4n) is 2.00. The highest BCUT2D eigenvalue weighted by Gasteiger charge is 2.35. The van der Waals surface area contributed by atoms with Gasteiger partial charge in [0.2, 0.25) is 0 Å².